The van der Waals surface area contributed by atoms with E-state index in [1.807, 2.05) is 60.0 Å². The highest BCUT2D eigenvalue weighted by molar-refractivity contribution is 7.10. The van der Waals surface area contributed by atoms with Crippen molar-refractivity contribution in [2.45, 2.75) is 38.5 Å². The van der Waals surface area contributed by atoms with Gasteiger partial charge in [0.05, 0.1) is 27.2 Å². The highest BCUT2D eigenvalue weighted by atomic mass is 32.1. The summed E-state index contributed by atoms with van der Waals surface area (Å²) in [4.78, 5) is 44.6. The summed E-state index contributed by atoms with van der Waals surface area (Å²) in [6, 6.07) is 16.7. The molecule has 0 N–H and O–H groups in total. The van der Waals surface area contributed by atoms with Crippen LogP contribution in [0.15, 0.2) is 66.0 Å². The Hall–Kier alpha value is -3.85. The zero-order chi connectivity index (χ0) is 26.4. The summed E-state index contributed by atoms with van der Waals surface area (Å²) in [5, 5.41) is 1.88. The number of rotatable bonds is 10. The standard InChI is InChI=1S/C28H30N2O6S/c1-4-36-25(31)16-23-27(32)30(18-20-13-21(34-2)15-22(14-20)35-3)26(24-11-8-12-37-24)28(33)29(23)17-19-9-6-5-7-10-19/h5-15,23,26H,4,16-18H2,1-3H3/t23-,26+/m0/s1. The Kier molecular flexibility index (Phi) is 8.45. The van der Waals surface area contributed by atoms with Gasteiger partial charge in [0.15, 0.2) is 0 Å². The molecule has 37 heavy (non-hydrogen) atoms. The molecule has 2 aromatic carbocycles. The first kappa shape index (κ1) is 26.2. The Labute approximate surface area is 220 Å². The molecule has 1 aliphatic rings. The molecule has 1 aromatic heterocycles. The van der Waals surface area contributed by atoms with Gasteiger partial charge in [-0.2, -0.15) is 0 Å². The molecule has 1 aliphatic heterocycles. The number of piperazine rings is 1. The fourth-order valence-corrected chi connectivity index (χ4v) is 5.31. The summed E-state index contributed by atoms with van der Waals surface area (Å²) >= 11 is 1.41. The SMILES string of the molecule is CCOC(=O)C[C@H]1C(=O)N(Cc2cc(OC)cc(OC)c2)[C@H](c2cccs2)C(=O)N1Cc1ccccc1. The van der Waals surface area contributed by atoms with Gasteiger partial charge in [0.2, 0.25) is 5.91 Å². The maximum atomic E-state index is 14.1. The first-order valence-electron chi connectivity index (χ1n) is 12.0. The van der Waals surface area contributed by atoms with E-state index in [-0.39, 0.29) is 37.9 Å². The van der Waals surface area contributed by atoms with Crippen molar-refractivity contribution in [2.75, 3.05) is 20.8 Å². The summed E-state index contributed by atoms with van der Waals surface area (Å²) in [6.07, 6.45) is -0.222. The molecule has 0 bridgehead atoms. The highest BCUT2D eigenvalue weighted by Gasteiger charge is 2.47. The second-order valence-electron chi connectivity index (χ2n) is 8.58. The van der Waals surface area contributed by atoms with Crippen LogP contribution in [0.25, 0.3) is 0 Å². The Morgan fingerprint density at radius 1 is 0.865 bits per heavy atom. The van der Waals surface area contributed by atoms with Gasteiger partial charge >= 0.3 is 5.97 Å². The van der Waals surface area contributed by atoms with Gasteiger partial charge in [-0.1, -0.05) is 36.4 Å². The van der Waals surface area contributed by atoms with Gasteiger partial charge in [0, 0.05) is 24.0 Å². The number of thiophene rings is 1. The van der Waals surface area contributed by atoms with Crippen molar-refractivity contribution in [1.82, 2.24) is 9.80 Å². The van der Waals surface area contributed by atoms with E-state index in [9.17, 15) is 14.4 Å². The number of hydrogen-bond donors (Lipinski definition) is 0. The van der Waals surface area contributed by atoms with Crippen LogP contribution in [-0.4, -0.2) is 54.5 Å². The predicted octanol–water partition coefficient (Wildman–Crippen LogP) is 4.20. The lowest BCUT2D eigenvalue weighted by Crippen LogP contribution is -2.60. The molecule has 2 amide bonds. The Morgan fingerprint density at radius 2 is 1.54 bits per heavy atom. The number of hydrogen-bond acceptors (Lipinski definition) is 7. The van der Waals surface area contributed by atoms with Gasteiger partial charge in [-0.15, -0.1) is 11.3 Å². The van der Waals surface area contributed by atoms with Crippen molar-refractivity contribution in [3.05, 3.63) is 82.0 Å². The number of benzene rings is 2. The number of methoxy groups -OCH3 is 2. The second-order valence-corrected chi connectivity index (χ2v) is 9.56. The summed E-state index contributed by atoms with van der Waals surface area (Å²) < 4.78 is 16.0. The average molecular weight is 523 g/mol. The van der Waals surface area contributed by atoms with Gasteiger partial charge < -0.3 is 24.0 Å². The number of carbonyl (C=O) groups excluding carboxylic acids is 3. The zero-order valence-electron chi connectivity index (χ0n) is 21.1. The molecule has 8 nitrogen and oxygen atoms in total. The zero-order valence-corrected chi connectivity index (χ0v) is 21.9. The van der Waals surface area contributed by atoms with Crippen molar-refractivity contribution < 1.29 is 28.6 Å². The predicted molar refractivity (Wildman–Crippen MR) is 139 cm³/mol. The van der Waals surface area contributed by atoms with E-state index in [1.165, 1.54) is 16.2 Å². The minimum Gasteiger partial charge on any atom is -0.497 e. The van der Waals surface area contributed by atoms with E-state index in [1.54, 1.807) is 32.1 Å². The number of nitrogens with zero attached hydrogens (tertiary/aromatic N) is 2. The van der Waals surface area contributed by atoms with Crippen LogP contribution in [0.1, 0.15) is 35.4 Å². The van der Waals surface area contributed by atoms with Crippen molar-refractivity contribution in [3.8, 4) is 11.5 Å². The fourth-order valence-electron chi connectivity index (χ4n) is 4.49. The minimum atomic E-state index is -0.990. The maximum absolute atomic E-state index is 14.1. The molecule has 0 saturated carbocycles. The van der Waals surface area contributed by atoms with E-state index in [0.29, 0.717) is 11.5 Å². The Balaban J connectivity index is 1.76. The molecule has 9 heteroatoms. The van der Waals surface area contributed by atoms with Gasteiger partial charge in [-0.25, -0.2) is 0 Å². The van der Waals surface area contributed by atoms with Crippen molar-refractivity contribution in [3.63, 3.8) is 0 Å². The molecule has 0 aliphatic carbocycles. The number of ether oxygens (including phenoxy) is 3. The highest BCUT2D eigenvalue weighted by Crippen LogP contribution is 2.36. The molecule has 1 saturated heterocycles. The summed E-state index contributed by atoms with van der Waals surface area (Å²) in [6.45, 7) is 2.25. The quantitative estimate of drug-likeness (QED) is 0.371. The minimum absolute atomic E-state index is 0.138. The van der Waals surface area contributed by atoms with Crippen molar-refractivity contribution in [1.29, 1.82) is 0 Å². The second kappa shape index (κ2) is 11.9. The van der Waals surface area contributed by atoms with E-state index in [2.05, 4.69) is 0 Å². The number of amides is 2. The summed E-state index contributed by atoms with van der Waals surface area (Å²) in [7, 11) is 3.11. The molecule has 3 aromatic rings. The third-order valence-electron chi connectivity index (χ3n) is 6.21. The number of carbonyl (C=O) groups is 3. The monoisotopic (exact) mass is 522 g/mol. The average Bonchev–Trinajstić information content (AvgIpc) is 3.44. The van der Waals surface area contributed by atoms with Crippen LogP contribution >= 0.6 is 11.3 Å². The van der Waals surface area contributed by atoms with E-state index >= 15 is 0 Å². The molecular formula is C28H30N2O6S. The third-order valence-corrected chi connectivity index (χ3v) is 7.14. The van der Waals surface area contributed by atoms with Gasteiger partial charge in [-0.3, -0.25) is 14.4 Å². The van der Waals surface area contributed by atoms with Crippen LogP contribution in [-0.2, 0) is 32.2 Å². The van der Waals surface area contributed by atoms with Crippen LogP contribution in [0.3, 0.4) is 0 Å². The van der Waals surface area contributed by atoms with Crippen LogP contribution in [0.5, 0.6) is 11.5 Å². The van der Waals surface area contributed by atoms with Crippen molar-refractivity contribution in [2.24, 2.45) is 0 Å². The topological polar surface area (TPSA) is 85.4 Å². The van der Waals surface area contributed by atoms with Gasteiger partial charge in [-0.05, 0) is 41.6 Å². The smallest absolute Gasteiger partial charge is 0.308 e. The molecule has 0 unspecified atom stereocenters. The Bertz CT molecular complexity index is 1210. The molecule has 1 fully saturated rings. The van der Waals surface area contributed by atoms with Gasteiger partial charge in [0.1, 0.15) is 23.6 Å². The Morgan fingerprint density at radius 3 is 2.14 bits per heavy atom. The third kappa shape index (κ3) is 5.94. The van der Waals surface area contributed by atoms with Crippen molar-refractivity contribution >= 4 is 29.1 Å². The largest absolute Gasteiger partial charge is 0.497 e. The molecule has 0 radical (unpaired) electrons. The lowest BCUT2D eigenvalue weighted by atomic mass is 9.98. The van der Waals surface area contributed by atoms with Crippen LogP contribution in [0, 0.1) is 0 Å². The molecular weight excluding hydrogens is 492 g/mol. The van der Waals surface area contributed by atoms with Gasteiger partial charge in [0.25, 0.3) is 5.91 Å². The van der Waals surface area contributed by atoms with Crippen LogP contribution in [0.2, 0.25) is 0 Å². The summed E-state index contributed by atoms with van der Waals surface area (Å²) in [5.41, 5.74) is 1.61. The molecule has 0 spiro atoms. The first-order chi connectivity index (χ1) is 17.9. The molecule has 2 atom stereocenters. The van der Waals surface area contributed by atoms with E-state index in [0.717, 1.165) is 16.0 Å². The molecule has 2 heterocycles. The number of esters is 1. The molecule has 4 rings (SSSR count). The van der Waals surface area contributed by atoms with Crippen LogP contribution < -0.4 is 9.47 Å². The first-order valence-corrected chi connectivity index (χ1v) is 12.9. The van der Waals surface area contributed by atoms with E-state index in [4.69, 9.17) is 14.2 Å². The van der Waals surface area contributed by atoms with Crippen LogP contribution in [0.4, 0.5) is 0 Å². The lowest BCUT2D eigenvalue weighted by Gasteiger charge is -2.44. The fraction of sp³-hybridized carbons (Fsp3) is 0.321. The summed E-state index contributed by atoms with van der Waals surface area (Å²) in [5.74, 6) is 0.0706. The normalized spacial score (nSPS) is 17.6. The lowest BCUT2D eigenvalue weighted by molar-refractivity contribution is -0.166. The maximum Gasteiger partial charge on any atom is 0.308 e. The molecule has 194 valence electrons. The van der Waals surface area contributed by atoms with E-state index < -0.39 is 18.1 Å².